The summed E-state index contributed by atoms with van der Waals surface area (Å²) < 4.78 is 0. The number of nitrogens with one attached hydrogen (secondary N) is 1. The third-order valence-electron chi connectivity index (χ3n) is 4.97. The second-order valence-corrected chi connectivity index (χ2v) is 8.13. The van der Waals surface area contributed by atoms with E-state index in [1.807, 2.05) is 0 Å². The van der Waals surface area contributed by atoms with E-state index in [-0.39, 0.29) is 23.8 Å². The summed E-state index contributed by atoms with van der Waals surface area (Å²) >= 11 is 0. The monoisotopic (exact) mass is 347 g/mol. The normalized spacial score (nSPS) is 28.0. The Morgan fingerprint density at radius 2 is 1.88 bits per heavy atom. The average Bonchev–Trinajstić information content (AvgIpc) is 2.68. The number of rotatable bonds is 6. The minimum absolute atomic E-state index is 0.0294. The summed E-state index contributed by atoms with van der Waals surface area (Å²) in [4.78, 5) is 40.5. The molecule has 1 heterocycles. The van der Waals surface area contributed by atoms with Gasteiger partial charge in [-0.1, -0.05) is 32.9 Å². The molecule has 2 fully saturated rings. The van der Waals surface area contributed by atoms with Crippen molar-refractivity contribution in [2.45, 2.75) is 45.6 Å². The highest BCUT2D eigenvalue weighted by molar-refractivity contribution is 6.09. The highest BCUT2D eigenvalue weighted by Gasteiger charge is 2.56. The minimum Gasteiger partial charge on any atom is -0.334 e. The van der Waals surface area contributed by atoms with Crippen LogP contribution in [0.4, 0.5) is 4.79 Å². The molecular formula is C19H29N3O3. The van der Waals surface area contributed by atoms with Crippen molar-refractivity contribution < 1.29 is 14.4 Å². The molecule has 1 spiro atoms. The largest absolute Gasteiger partial charge is 0.334 e. The van der Waals surface area contributed by atoms with Crippen LogP contribution in [0.5, 0.6) is 0 Å². The van der Waals surface area contributed by atoms with Gasteiger partial charge in [0.2, 0.25) is 5.91 Å². The van der Waals surface area contributed by atoms with Gasteiger partial charge < -0.3 is 10.2 Å². The molecule has 2 rings (SSSR count). The molecule has 0 bridgehead atoms. The Morgan fingerprint density at radius 1 is 1.28 bits per heavy atom. The Kier molecular flexibility index (Phi) is 5.40. The molecule has 2 atom stereocenters. The molecule has 0 radical (unpaired) electrons. The topological polar surface area (TPSA) is 69.7 Å². The molecule has 2 aliphatic rings. The van der Waals surface area contributed by atoms with Crippen LogP contribution in [-0.2, 0) is 9.59 Å². The second-order valence-electron chi connectivity index (χ2n) is 8.13. The summed E-state index contributed by atoms with van der Waals surface area (Å²) in [5.41, 5.74) is -0.904. The standard InChI is InChI=1S/C19H29N3O3/c1-6-8-21(9-7-2)15(23)12-22-16(24)19(20-17(22)25)11-14(3)10-18(4,5)13-19/h6-7,14H,1-2,8-13H2,3-5H3,(H,20,25). The fourth-order valence-corrected chi connectivity index (χ4v) is 4.47. The third kappa shape index (κ3) is 3.94. The van der Waals surface area contributed by atoms with Crippen molar-refractivity contribution in [2.24, 2.45) is 11.3 Å². The van der Waals surface area contributed by atoms with Crippen LogP contribution < -0.4 is 5.32 Å². The minimum atomic E-state index is -0.875. The number of nitrogens with zero attached hydrogens (tertiary/aromatic N) is 2. The van der Waals surface area contributed by atoms with Gasteiger partial charge in [-0.3, -0.25) is 14.5 Å². The van der Waals surface area contributed by atoms with E-state index in [1.165, 1.54) is 4.90 Å². The van der Waals surface area contributed by atoms with Gasteiger partial charge in [-0.05, 0) is 30.6 Å². The Bertz CT molecular complexity index is 589. The molecule has 2 unspecified atom stereocenters. The van der Waals surface area contributed by atoms with Gasteiger partial charge in [0.25, 0.3) is 5.91 Å². The van der Waals surface area contributed by atoms with Crippen LogP contribution in [0.2, 0.25) is 0 Å². The fourth-order valence-electron chi connectivity index (χ4n) is 4.47. The van der Waals surface area contributed by atoms with Crippen molar-refractivity contribution in [3.8, 4) is 0 Å². The van der Waals surface area contributed by atoms with Crippen molar-refractivity contribution in [1.29, 1.82) is 0 Å². The number of imide groups is 1. The van der Waals surface area contributed by atoms with Gasteiger partial charge in [-0.25, -0.2) is 4.79 Å². The van der Waals surface area contributed by atoms with Crippen molar-refractivity contribution in [1.82, 2.24) is 15.1 Å². The van der Waals surface area contributed by atoms with E-state index in [0.717, 1.165) is 11.3 Å². The molecule has 1 aliphatic carbocycles. The number of hydrogen-bond acceptors (Lipinski definition) is 3. The molecule has 1 N–H and O–H groups in total. The molecule has 6 heteroatoms. The fraction of sp³-hybridized carbons (Fsp3) is 0.632. The highest BCUT2D eigenvalue weighted by atomic mass is 16.2. The van der Waals surface area contributed by atoms with Crippen LogP contribution in [0.25, 0.3) is 0 Å². The molecule has 25 heavy (non-hydrogen) atoms. The lowest BCUT2D eigenvalue weighted by Gasteiger charge is -2.43. The van der Waals surface area contributed by atoms with E-state index < -0.39 is 11.6 Å². The summed E-state index contributed by atoms with van der Waals surface area (Å²) in [6.45, 7) is 14.1. The summed E-state index contributed by atoms with van der Waals surface area (Å²) in [5, 5.41) is 2.89. The Balaban J connectivity index is 2.17. The molecule has 0 aromatic rings. The Labute approximate surface area is 149 Å². The number of carbonyl (C=O) groups is 3. The number of urea groups is 1. The molecule has 1 saturated heterocycles. The Hall–Kier alpha value is -2.11. The maximum absolute atomic E-state index is 13.0. The van der Waals surface area contributed by atoms with Gasteiger partial charge in [0, 0.05) is 13.1 Å². The lowest BCUT2D eigenvalue weighted by molar-refractivity contribution is -0.140. The quantitative estimate of drug-likeness (QED) is 0.592. The van der Waals surface area contributed by atoms with Crippen molar-refractivity contribution in [3.05, 3.63) is 25.3 Å². The number of carbonyl (C=O) groups excluding carboxylic acids is 3. The SMILES string of the molecule is C=CCN(CC=C)C(=O)CN1C(=O)NC2(CC(C)CC(C)(C)C2)C1=O. The van der Waals surface area contributed by atoms with Crippen LogP contribution in [0.1, 0.15) is 40.0 Å². The zero-order valence-electron chi connectivity index (χ0n) is 15.5. The highest BCUT2D eigenvalue weighted by Crippen LogP contribution is 2.46. The van der Waals surface area contributed by atoms with Crippen LogP contribution >= 0.6 is 0 Å². The molecule has 0 aromatic heterocycles. The molecule has 4 amide bonds. The van der Waals surface area contributed by atoms with Gasteiger partial charge in [0.05, 0.1) is 0 Å². The first-order valence-corrected chi connectivity index (χ1v) is 8.78. The van der Waals surface area contributed by atoms with E-state index in [4.69, 9.17) is 0 Å². The van der Waals surface area contributed by atoms with E-state index in [1.54, 1.807) is 12.2 Å². The van der Waals surface area contributed by atoms with Gasteiger partial charge in [0.1, 0.15) is 12.1 Å². The van der Waals surface area contributed by atoms with E-state index in [0.29, 0.717) is 31.8 Å². The van der Waals surface area contributed by atoms with E-state index in [2.05, 4.69) is 39.2 Å². The second kappa shape index (κ2) is 7.02. The van der Waals surface area contributed by atoms with Gasteiger partial charge in [-0.2, -0.15) is 0 Å². The summed E-state index contributed by atoms with van der Waals surface area (Å²) in [6.07, 6.45) is 5.46. The number of hydrogen-bond donors (Lipinski definition) is 1. The third-order valence-corrected chi connectivity index (χ3v) is 4.97. The lowest BCUT2D eigenvalue weighted by atomic mass is 9.64. The molecule has 1 saturated carbocycles. The summed E-state index contributed by atoms with van der Waals surface area (Å²) in [5.74, 6) is -0.229. The predicted octanol–water partition coefficient (Wildman–Crippen LogP) is 2.32. The maximum atomic E-state index is 13.0. The first-order valence-electron chi connectivity index (χ1n) is 8.78. The average molecular weight is 347 g/mol. The zero-order chi connectivity index (χ0) is 18.8. The molecule has 1 aliphatic heterocycles. The van der Waals surface area contributed by atoms with Crippen LogP contribution in [0, 0.1) is 11.3 Å². The zero-order valence-corrected chi connectivity index (χ0v) is 15.5. The maximum Gasteiger partial charge on any atom is 0.325 e. The number of amides is 4. The van der Waals surface area contributed by atoms with E-state index in [9.17, 15) is 14.4 Å². The molecular weight excluding hydrogens is 318 g/mol. The molecule has 6 nitrogen and oxygen atoms in total. The first-order chi connectivity index (χ1) is 11.6. The summed E-state index contributed by atoms with van der Waals surface area (Å²) in [7, 11) is 0. The van der Waals surface area contributed by atoms with Crippen LogP contribution in [-0.4, -0.2) is 52.8 Å². The molecule has 0 aromatic carbocycles. The van der Waals surface area contributed by atoms with Crippen molar-refractivity contribution in [2.75, 3.05) is 19.6 Å². The van der Waals surface area contributed by atoms with Crippen molar-refractivity contribution >= 4 is 17.8 Å². The van der Waals surface area contributed by atoms with Gasteiger partial charge in [0.15, 0.2) is 0 Å². The van der Waals surface area contributed by atoms with Gasteiger partial charge >= 0.3 is 6.03 Å². The van der Waals surface area contributed by atoms with Gasteiger partial charge in [-0.15, -0.1) is 13.2 Å². The predicted molar refractivity (Wildman–Crippen MR) is 96.7 cm³/mol. The Morgan fingerprint density at radius 3 is 2.40 bits per heavy atom. The molecule has 138 valence electrons. The van der Waals surface area contributed by atoms with E-state index >= 15 is 0 Å². The summed E-state index contributed by atoms with van der Waals surface area (Å²) in [6, 6.07) is -0.472. The van der Waals surface area contributed by atoms with Crippen LogP contribution in [0.3, 0.4) is 0 Å². The smallest absolute Gasteiger partial charge is 0.325 e. The first kappa shape index (κ1) is 19.2. The van der Waals surface area contributed by atoms with Crippen LogP contribution in [0.15, 0.2) is 25.3 Å². The van der Waals surface area contributed by atoms with Crippen molar-refractivity contribution in [3.63, 3.8) is 0 Å². The lowest BCUT2D eigenvalue weighted by Crippen LogP contribution is -2.54.